The van der Waals surface area contributed by atoms with Crippen LogP contribution in [0.25, 0.3) is 44.2 Å². The molecule has 0 saturated carbocycles. The van der Waals surface area contributed by atoms with Crippen molar-refractivity contribution in [2.75, 3.05) is 5.75 Å². The van der Waals surface area contributed by atoms with Crippen LogP contribution in [0.4, 0.5) is 0 Å². The van der Waals surface area contributed by atoms with Gasteiger partial charge in [0.05, 0.1) is 0 Å². The van der Waals surface area contributed by atoms with E-state index in [4.69, 9.17) is 4.42 Å². The van der Waals surface area contributed by atoms with Gasteiger partial charge < -0.3 is 4.42 Å². The molecule has 0 aliphatic heterocycles. The molecule has 0 aliphatic carbocycles. The van der Waals surface area contributed by atoms with Crippen molar-refractivity contribution in [2.24, 2.45) is 0 Å². The summed E-state index contributed by atoms with van der Waals surface area (Å²) in [5, 5.41) is 2.34. The summed E-state index contributed by atoms with van der Waals surface area (Å²) in [6.45, 7) is 2.20. The van der Waals surface area contributed by atoms with Crippen LogP contribution in [-0.4, -0.2) is 5.75 Å². The molecule has 0 aliphatic rings. The van der Waals surface area contributed by atoms with Gasteiger partial charge in [-0.1, -0.05) is 91.9 Å². The van der Waals surface area contributed by atoms with Crippen molar-refractivity contribution in [3.63, 3.8) is 0 Å². The Labute approximate surface area is 175 Å². The zero-order valence-corrected chi connectivity index (χ0v) is 17.2. The van der Waals surface area contributed by atoms with Gasteiger partial charge in [0.25, 0.3) is 0 Å². The first kappa shape index (κ1) is 18.1. The monoisotopic (exact) mass is 394 g/mol. The van der Waals surface area contributed by atoms with Crippen molar-refractivity contribution < 1.29 is 4.42 Å². The first-order valence-electron chi connectivity index (χ1n) is 10.0. The van der Waals surface area contributed by atoms with E-state index in [0.29, 0.717) is 0 Å². The summed E-state index contributed by atoms with van der Waals surface area (Å²) < 4.78 is 6.20. The zero-order chi connectivity index (χ0) is 19.6. The summed E-state index contributed by atoms with van der Waals surface area (Å²) >= 11 is 1.96. The maximum atomic E-state index is 6.20. The van der Waals surface area contributed by atoms with Gasteiger partial charge in [0.2, 0.25) is 0 Å². The molecule has 142 valence electrons. The van der Waals surface area contributed by atoms with Crippen molar-refractivity contribution in [3.05, 3.63) is 96.6 Å². The van der Waals surface area contributed by atoms with E-state index >= 15 is 0 Å². The second kappa shape index (κ2) is 7.81. The molecular formula is C27H22OS. The van der Waals surface area contributed by atoms with E-state index in [1.165, 1.54) is 33.0 Å². The highest BCUT2D eigenvalue weighted by Gasteiger charge is 2.11. The SMILES string of the molecule is CCSCc1ccc(-c2ccc(-c3cccc4c3oc3ccccc34)cc2)cc1. The van der Waals surface area contributed by atoms with Crippen molar-refractivity contribution >= 4 is 33.7 Å². The largest absolute Gasteiger partial charge is 0.455 e. The number of benzene rings is 4. The van der Waals surface area contributed by atoms with Gasteiger partial charge in [0.1, 0.15) is 11.2 Å². The van der Waals surface area contributed by atoms with E-state index in [9.17, 15) is 0 Å². The first-order chi connectivity index (χ1) is 14.3. The third-order valence-electron chi connectivity index (χ3n) is 5.36. The maximum Gasteiger partial charge on any atom is 0.143 e. The molecule has 1 heterocycles. The number of hydrogen-bond donors (Lipinski definition) is 0. The number of rotatable bonds is 5. The third-order valence-corrected chi connectivity index (χ3v) is 6.31. The fourth-order valence-electron chi connectivity index (χ4n) is 3.83. The molecule has 0 N–H and O–H groups in total. The molecule has 1 aromatic heterocycles. The minimum Gasteiger partial charge on any atom is -0.455 e. The van der Waals surface area contributed by atoms with Crippen LogP contribution in [0.3, 0.4) is 0 Å². The van der Waals surface area contributed by atoms with Crippen LogP contribution < -0.4 is 0 Å². The Balaban J connectivity index is 1.49. The molecule has 1 nitrogen and oxygen atoms in total. The molecule has 2 heteroatoms. The van der Waals surface area contributed by atoms with Gasteiger partial charge in [-0.3, -0.25) is 0 Å². The summed E-state index contributed by atoms with van der Waals surface area (Å²) in [4.78, 5) is 0. The molecule has 0 radical (unpaired) electrons. The number of para-hydroxylation sites is 2. The van der Waals surface area contributed by atoms with Crippen molar-refractivity contribution in [3.8, 4) is 22.3 Å². The van der Waals surface area contributed by atoms with Crippen LogP contribution in [0.5, 0.6) is 0 Å². The van der Waals surface area contributed by atoms with Gasteiger partial charge in [-0.25, -0.2) is 0 Å². The molecule has 0 amide bonds. The predicted octanol–water partition coefficient (Wildman–Crippen LogP) is 8.17. The van der Waals surface area contributed by atoms with Crippen LogP contribution in [0.15, 0.2) is 95.4 Å². The Bertz CT molecular complexity index is 1260. The van der Waals surface area contributed by atoms with E-state index in [1.807, 2.05) is 23.9 Å². The second-order valence-electron chi connectivity index (χ2n) is 7.19. The van der Waals surface area contributed by atoms with E-state index in [1.54, 1.807) is 0 Å². The number of hydrogen-bond acceptors (Lipinski definition) is 2. The van der Waals surface area contributed by atoms with Gasteiger partial charge in [-0.05, 0) is 34.1 Å². The highest BCUT2D eigenvalue weighted by Crippen LogP contribution is 2.36. The Morgan fingerprint density at radius 1 is 0.655 bits per heavy atom. The number of furan rings is 1. The summed E-state index contributed by atoms with van der Waals surface area (Å²) in [7, 11) is 0. The van der Waals surface area contributed by atoms with Gasteiger partial charge in [-0.15, -0.1) is 0 Å². The molecule has 0 bridgehead atoms. The predicted molar refractivity (Wildman–Crippen MR) is 126 cm³/mol. The van der Waals surface area contributed by atoms with Crippen molar-refractivity contribution in [2.45, 2.75) is 12.7 Å². The Morgan fingerprint density at radius 2 is 1.31 bits per heavy atom. The Morgan fingerprint density at radius 3 is 2.07 bits per heavy atom. The van der Waals surface area contributed by atoms with E-state index in [-0.39, 0.29) is 0 Å². The highest BCUT2D eigenvalue weighted by molar-refractivity contribution is 7.98. The molecule has 0 fully saturated rings. The normalized spacial score (nSPS) is 11.3. The minimum atomic E-state index is 0.938. The standard InChI is InChI=1S/C27H22OS/c1-2-29-18-19-10-12-20(13-11-19)21-14-16-22(17-15-21)23-7-5-8-25-24-6-3-4-9-26(24)28-27(23)25/h3-17H,2,18H2,1H3. The molecule has 29 heavy (non-hydrogen) atoms. The van der Waals surface area contributed by atoms with Crippen molar-refractivity contribution in [1.29, 1.82) is 0 Å². The van der Waals surface area contributed by atoms with E-state index < -0.39 is 0 Å². The van der Waals surface area contributed by atoms with Gasteiger partial charge in [-0.2, -0.15) is 11.8 Å². The fraction of sp³-hybridized carbons (Fsp3) is 0.111. The Kier molecular flexibility index (Phi) is 4.87. The fourth-order valence-corrected chi connectivity index (χ4v) is 4.46. The number of fused-ring (bicyclic) bond motifs is 3. The third kappa shape index (κ3) is 3.45. The van der Waals surface area contributed by atoms with Gasteiger partial charge in [0, 0.05) is 22.1 Å². The summed E-state index contributed by atoms with van der Waals surface area (Å²) in [6, 6.07) is 32.3. The lowest BCUT2D eigenvalue weighted by molar-refractivity contribution is 0.670. The molecule has 5 rings (SSSR count). The molecule has 4 aromatic carbocycles. The molecule has 0 atom stereocenters. The maximum absolute atomic E-state index is 6.20. The van der Waals surface area contributed by atoms with Crippen LogP contribution in [-0.2, 0) is 5.75 Å². The smallest absolute Gasteiger partial charge is 0.143 e. The topological polar surface area (TPSA) is 13.1 Å². The zero-order valence-electron chi connectivity index (χ0n) is 16.4. The average Bonchev–Trinajstić information content (AvgIpc) is 3.17. The molecular weight excluding hydrogens is 372 g/mol. The number of thioether (sulfide) groups is 1. The summed E-state index contributed by atoms with van der Waals surface area (Å²) in [5.41, 5.74) is 8.08. The molecule has 0 unspecified atom stereocenters. The molecule has 0 saturated heterocycles. The minimum absolute atomic E-state index is 0.938. The molecule has 0 spiro atoms. The van der Waals surface area contributed by atoms with Crippen LogP contribution in [0.2, 0.25) is 0 Å². The summed E-state index contributed by atoms with van der Waals surface area (Å²) in [5.74, 6) is 2.23. The lowest BCUT2D eigenvalue weighted by Gasteiger charge is -2.07. The van der Waals surface area contributed by atoms with Crippen LogP contribution in [0, 0.1) is 0 Å². The highest BCUT2D eigenvalue weighted by atomic mass is 32.2. The lowest BCUT2D eigenvalue weighted by atomic mass is 9.98. The quantitative estimate of drug-likeness (QED) is 0.298. The van der Waals surface area contributed by atoms with E-state index in [0.717, 1.165) is 28.2 Å². The van der Waals surface area contributed by atoms with Crippen LogP contribution in [0.1, 0.15) is 12.5 Å². The van der Waals surface area contributed by atoms with Crippen molar-refractivity contribution in [1.82, 2.24) is 0 Å². The lowest BCUT2D eigenvalue weighted by Crippen LogP contribution is -1.84. The van der Waals surface area contributed by atoms with Gasteiger partial charge in [0.15, 0.2) is 0 Å². The second-order valence-corrected chi connectivity index (χ2v) is 8.47. The van der Waals surface area contributed by atoms with E-state index in [2.05, 4.69) is 85.8 Å². The summed E-state index contributed by atoms with van der Waals surface area (Å²) in [6.07, 6.45) is 0. The Hall–Kier alpha value is -2.97. The van der Waals surface area contributed by atoms with Crippen LogP contribution >= 0.6 is 11.8 Å². The first-order valence-corrected chi connectivity index (χ1v) is 11.2. The van der Waals surface area contributed by atoms with Gasteiger partial charge >= 0.3 is 0 Å². The molecule has 5 aromatic rings. The average molecular weight is 395 g/mol.